The first-order valence-corrected chi connectivity index (χ1v) is 12.1. The van der Waals surface area contributed by atoms with Crippen molar-refractivity contribution in [3.63, 3.8) is 0 Å². The maximum absolute atomic E-state index is 13.4. The molecule has 0 spiro atoms. The molecular weight excluding hydrogens is 472 g/mol. The zero-order valence-corrected chi connectivity index (χ0v) is 19.9. The first-order chi connectivity index (χ1) is 16.6. The maximum Gasteiger partial charge on any atom is 0.283 e. The highest BCUT2D eigenvalue weighted by Crippen LogP contribution is 2.34. The molecule has 0 N–H and O–H groups in total. The molecule has 0 saturated heterocycles. The van der Waals surface area contributed by atoms with Crippen molar-refractivity contribution in [2.24, 2.45) is 4.99 Å². The fraction of sp³-hybridized carbons (Fsp3) is 0.154. The Morgan fingerprint density at radius 3 is 2.62 bits per heavy atom. The Hall–Kier alpha value is -3.42. The average molecular weight is 493 g/mol. The van der Waals surface area contributed by atoms with Crippen molar-refractivity contribution in [3.05, 3.63) is 88.6 Å². The second-order valence-corrected chi connectivity index (χ2v) is 9.16. The summed E-state index contributed by atoms with van der Waals surface area (Å²) in [6.45, 7) is 2.67. The third-order valence-corrected chi connectivity index (χ3v) is 6.37. The third-order valence-electron chi connectivity index (χ3n) is 5.22. The Kier molecular flexibility index (Phi) is 6.47. The van der Waals surface area contributed by atoms with Gasteiger partial charge in [0.1, 0.15) is 11.4 Å². The predicted octanol–water partition coefficient (Wildman–Crippen LogP) is 5.93. The number of halogens is 1. The van der Waals surface area contributed by atoms with Gasteiger partial charge in [-0.15, -0.1) is 0 Å². The highest BCUT2D eigenvalue weighted by atomic mass is 35.5. The van der Waals surface area contributed by atoms with Crippen molar-refractivity contribution in [2.45, 2.75) is 6.92 Å². The monoisotopic (exact) mass is 492 g/mol. The number of thioether (sulfide) groups is 1. The van der Waals surface area contributed by atoms with Crippen molar-refractivity contribution >= 4 is 46.2 Å². The summed E-state index contributed by atoms with van der Waals surface area (Å²) in [4.78, 5) is 19.7. The molecule has 1 amide bonds. The fourth-order valence-electron chi connectivity index (χ4n) is 3.50. The largest absolute Gasteiger partial charge is 0.493 e. The molecule has 5 rings (SSSR count). The highest BCUT2D eigenvalue weighted by molar-refractivity contribution is 8.14. The number of anilines is 1. The minimum Gasteiger partial charge on any atom is -0.493 e. The molecule has 0 bridgehead atoms. The number of aryl methyl sites for hydroxylation is 1. The molecule has 6 nitrogen and oxygen atoms in total. The fourth-order valence-corrected chi connectivity index (χ4v) is 4.45. The number of nitrogens with zero attached hydrogens (tertiary/aromatic N) is 2. The van der Waals surface area contributed by atoms with Gasteiger partial charge in [0.15, 0.2) is 16.7 Å². The second-order valence-electron chi connectivity index (χ2n) is 7.66. The van der Waals surface area contributed by atoms with Gasteiger partial charge in [-0.1, -0.05) is 47.1 Å². The first-order valence-electron chi connectivity index (χ1n) is 10.7. The maximum atomic E-state index is 13.4. The van der Waals surface area contributed by atoms with Crippen LogP contribution in [0.4, 0.5) is 5.69 Å². The van der Waals surface area contributed by atoms with Crippen LogP contribution in [0.25, 0.3) is 6.08 Å². The Bertz CT molecular complexity index is 1270. The molecule has 0 unspecified atom stereocenters. The molecule has 34 heavy (non-hydrogen) atoms. The Morgan fingerprint density at radius 1 is 1.06 bits per heavy atom. The summed E-state index contributed by atoms with van der Waals surface area (Å²) in [6, 6.07) is 20.6. The number of hydrogen-bond donors (Lipinski definition) is 0. The minimum atomic E-state index is -0.178. The van der Waals surface area contributed by atoms with Crippen LogP contribution in [0.2, 0.25) is 5.02 Å². The van der Waals surface area contributed by atoms with E-state index in [1.54, 1.807) is 23.1 Å². The van der Waals surface area contributed by atoms with E-state index in [1.807, 2.05) is 61.5 Å². The van der Waals surface area contributed by atoms with E-state index in [4.69, 9.17) is 25.8 Å². The van der Waals surface area contributed by atoms with Crippen molar-refractivity contribution < 1.29 is 19.0 Å². The van der Waals surface area contributed by atoms with E-state index in [0.717, 1.165) is 22.6 Å². The van der Waals surface area contributed by atoms with Gasteiger partial charge in [-0.2, -0.15) is 0 Å². The normalized spacial score (nSPS) is 15.7. The molecule has 0 saturated carbocycles. The third kappa shape index (κ3) is 4.90. The highest BCUT2D eigenvalue weighted by Gasteiger charge is 2.32. The van der Waals surface area contributed by atoms with Gasteiger partial charge in [0.05, 0.1) is 12.3 Å². The van der Waals surface area contributed by atoms with E-state index in [9.17, 15) is 4.79 Å². The molecule has 0 aromatic heterocycles. The van der Waals surface area contributed by atoms with Gasteiger partial charge < -0.3 is 14.2 Å². The number of amides is 1. The van der Waals surface area contributed by atoms with Crippen LogP contribution in [0.3, 0.4) is 0 Å². The van der Waals surface area contributed by atoms with Crippen LogP contribution >= 0.6 is 23.4 Å². The van der Waals surface area contributed by atoms with Crippen LogP contribution < -0.4 is 19.1 Å². The van der Waals surface area contributed by atoms with E-state index >= 15 is 0 Å². The molecule has 3 aromatic rings. The number of benzene rings is 3. The number of rotatable bonds is 6. The smallest absolute Gasteiger partial charge is 0.283 e. The molecule has 2 aliphatic rings. The van der Waals surface area contributed by atoms with Gasteiger partial charge in [-0.3, -0.25) is 9.69 Å². The molecule has 0 aliphatic carbocycles. The second kappa shape index (κ2) is 9.83. The van der Waals surface area contributed by atoms with Gasteiger partial charge in [-0.25, -0.2) is 4.99 Å². The molecule has 0 radical (unpaired) electrons. The van der Waals surface area contributed by atoms with Crippen molar-refractivity contribution in [1.82, 2.24) is 0 Å². The number of carbonyl (C=O) groups is 1. The Labute approximate surface area is 206 Å². The van der Waals surface area contributed by atoms with Gasteiger partial charge in [-0.05, 0) is 67.1 Å². The number of hydrogen-bond acceptors (Lipinski definition) is 6. The van der Waals surface area contributed by atoms with Gasteiger partial charge in [0.2, 0.25) is 6.79 Å². The van der Waals surface area contributed by atoms with Crippen molar-refractivity contribution in [1.29, 1.82) is 0 Å². The molecular formula is C26H21ClN2O4S. The standard InChI is InChI=1S/C26H21ClN2O4S/c1-17-2-7-20(8-3-17)29-25(30)22(14-18-4-11-23-24(15-18)33-16-32-23)28-26(29)34-13-12-31-21-9-5-19(27)6-10-21/h2-11,14-15H,12-13,16H2,1H3. The Morgan fingerprint density at radius 2 is 1.82 bits per heavy atom. The van der Waals surface area contributed by atoms with Crippen LogP contribution in [0.1, 0.15) is 11.1 Å². The van der Waals surface area contributed by atoms with E-state index < -0.39 is 0 Å². The van der Waals surface area contributed by atoms with E-state index in [-0.39, 0.29) is 12.7 Å². The number of aliphatic imine (C=N–C) groups is 1. The molecule has 0 atom stereocenters. The number of amidine groups is 1. The summed E-state index contributed by atoms with van der Waals surface area (Å²) in [6.07, 6.45) is 1.77. The SMILES string of the molecule is Cc1ccc(N2C(=O)C(=Cc3ccc4c(c3)OCO4)N=C2SCCOc2ccc(Cl)cc2)cc1. The van der Waals surface area contributed by atoms with Crippen LogP contribution in [0.5, 0.6) is 17.2 Å². The Balaban J connectivity index is 1.35. The van der Waals surface area contributed by atoms with Gasteiger partial charge >= 0.3 is 0 Å². The van der Waals surface area contributed by atoms with Crippen LogP contribution in [-0.4, -0.2) is 30.2 Å². The molecule has 0 fully saturated rings. The molecule has 2 aliphatic heterocycles. The number of ether oxygens (including phenoxy) is 3. The molecule has 8 heteroatoms. The summed E-state index contributed by atoms with van der Waals surface area (Å²) < 4.78 is 16.6. The summed E-state index contributed by atoms with van der Waals surface area (Å²) in [5.74, 6) is 2.54. The van der Waals surface area contributed by atoms with E-state index in [2.05, 4.69) is 4.99 Å². The lowest BCUT2D eigenvalue weighted by Gasteiger charge is -2.18. The first kappa shape index (κ1) is 22.4. The lowest BCUT2D eigenvalue weighted by molar-refractivity contribution is -0.113. The zero-order valence-electron chi connectivity index (χ0n) is 18.4. The van der Waals surface area contributed by atoms with E-state index in [0.29, 0.717) is 39.7 Å². The number of carbonyl (C=O) groups excluding carboxylic acids is 1. The minimum absolute atomic E-state index is 0.178. The van der Waals surface area contributed by atoms with E-state index in [1.165, 1.54) is 11.8 Å². The number of fused-ring (bicyclic) bond motifs is 1. The van der Waals surface area contributed by atoms with Gasteiger partial charge in [0, 0.05) is 10.8 Å². The lowest BCUT2D eigenvalue weighted by Crippen LogP contribution is -2.30. The molecule has 172 valence electrons. The predicted molar refractivity (Wildman–Crippen MR) is 136 cm³/mol. The van der Waals surface area contributed by atoms with Crippen LogP contribution in [0.15, 0.2) is 77.4 Å². The summed E-state index contributed by atoms with van der Waals surface area (Å²) >= 11 is 7.40. The van der Waals surface area contributed by atoms with Crippen LogP contribution in [-0.2, 0) is 4.79 Å². The average Bonchev–Trinajstić information content (AvgIpc) is 3.43. The zero-order chi connectivity index (χ0) is 23.5. The van der Waals surface area contributed by atoms with Gasteiger partial charge in [0.25, 0.3) is 5.91 Å². The quantitative estimate of drug-likeness (QED) is 0.315. The molecule has 2 heterocycles. The summed E-state index contributed by atoms with van der Waals surface area (Å²) in [5.41, 5.74) is 3.07. The topological polar surface area (TPSA) is 60.4 Å². The van der Waals surface area contributed by atoms with Crippen molar-refractivity contribution in [2.75, 3.05) is 24.1 Å². The summed E-state index contributed by atoms with van der Waals surface area (Å²) in [7, 11) is 0. The lowest BCUT2D eigenvalue weighted by atomic mass is 10.1. The molecule has 3 aromatic carbocycles. The summed E-state index contributed by atoms with van der Waals surface area (Å²) in [5, 5.41) is 1.27. The van der Waals surface area contributed by atoms with Crippen molar-refractivity contribution in [3.8, 4) is 17.2 Å². The van der Waals surface area contributed by atoms with Crippen LogP contribution in [0, 0.1) is 6.92 Å².